The Labute approximate surface area is 140 Å². The lowest BCUT2D eigenvalue weighted by atomic mass is 9.48. The maximum absolute atomic E-state index is 12.1. The molecule has 2 fully saturated rings. The Morgan fingerprint density at radius 1 is 1.17 bits per heavy atom. The summed E-state index contributed by atoms with van der Waals surface area (Å²) in [4.78, 5) is 12.1. The van der Waals surface area contributed by atoms with Crippen molar-refractivity contribution in [3.63, 3.8) is 0 Å². The van der Waals surface area contributed by atoms with Crippen LogP contribution in [0.25, 0.3) is 0 Å². The lowest BCUT2D eigenvalue weighted by Crippen LogP contribution is -2.48. The Bertz CT molecular complexity index is 601. The first kappa shape index (κ1) is 15.6. The zero-order valence-electron chi connectivity index (χ0n) is 14.8. The minimum absolute atomic E-state index is 0.0668. The number of aliphatic hydroxyl groups excluding tert-OH is 1. The van der Waals surface area contributed by atoms with Crippen molar-refractivity contribution in [3.8, 4) is 0 Å². The summed E-state index contributed by atoms with van der Waals surface area (Å²) in [6.45, 7) is 6.52. The van der Waals surface area contributed by atoms with Crippen LogP contribution in [-0.2, 0) is 4.79 Å². The van der Waals surface area contributed by atoms with Crippen molar-refractivity contribution in [3.05, 3.63) is 23.3 Å². The summed E-state index contributed by atoms with van der Waals surface area (Å²) < 4.78 is 0. The number of aliphatic hydroxyl groups is 1. The summed E-state index contributed by atoms with van der Waals surface area (Å²) in [5, 5.41) is 10.1. The number of carbonyl (C=O) groups excluding carboxylic acids is 1. The lowest BCUT2D eigenvalue weighted by molar-refractivity contribution is -0.115. The summed E-state index contributed by atoms with van der Waals surface area (Å²) in [5.41, 5.74) is 3.13. The molecule has 0 spiro atoms. The maximum atomic E-state index is 12.1. The molecule has 0 aromatic rings. The molecular formula is C21H30O2. The van der Waals surface area contributed by atoms with Gasteiger partial charge in [0.1, 0.15) is 0 Å². The molecule has 4 rings (SSSR count). The molecule has 4 aliphatic carbocycles. The van der Waals surface area contributed by atoms with E-state index < -0.39 is 0 Å². The smallest absolute Gasteiger partial charge is 0.156 e. The zero-order chi connectivity index (χ0) is 16.4. The highest BCUT2D eigenvalue weighted by Crippen LogP contribution is 2.64. The SMILES string of the molecule is CC(=O)C1=CC[C@H]2[C@@H]3CC[C@H]4C[C@@H](O)CC[C@]4(C)C3=CC[C@]12C. The molecule has 6 atom stereocenters. The minimum Gasteiger partial charge on any atom is -0.393 e. The van der Waals surface area contributed by atoms with Crippen LogP contribution in [0.1, 0.15) is 65.7 Å². The summed E-state index contributed by atoms with van der Waals surface area (Å²) in [6.07, 6.45) is 12.3. The van der Waals surface area contributed by atoms with Gasteiger partial charge in [0.25, 0.3) is 0 Å². The average Bonchev–Trinajstić information content (AvgIpc) is 2.85. The van der Waals surface area contributed by atoms with Gasteiger partial charge < -0.3 is 5.11 Å². The average molecular weight is 314 g/mol. The van der Waals surface area contributed by atoms with Gasteiger partial charge in [-0.05, 0) is 80.6 Å². The number of rotatable bonds is 1. The van der Waals surface area contributed by atoms with Gasteiger partial charge in [-0.25, -0.2) is 0 Å². The highest BCUT2D eigenvalue weighted by molar-refractivity contribution is 5.95. The van der Waals surface area contributed by atoms with Crippen molar-refractivity contribution in [2.45, 2.75) is 71.8 Å². The second-order valence-electron chi connectivity index (χ2n) is 9.02. The van der Waals surface area contributed by atoms with E-state index in [9.17, 15) is 9.90 Å². The first-order valence-electron chi connectivity index (χ1n) is 9.46. The fourth-order valence-corrected chi connectivity index (χ4v) is 6.63. The number of hydrogen-bond donors (Lipinski definition) is 1. The van der Waals surface area contributed by atoms with Gasteiger partial charge in [-0.15, -0.1) is 0 Å². The third kappa shape index (κ3) is 2.06. The molecule has 0 heterocycles. The van der Waals surface area contributed by atoms with Gasteiger partial charge in [0.15, 0.2) is 5.78 Å². The van der Waals surface area contributed by atoms with Crippen molar-refractivity contribution in [1.29, 1.82) is 0 Å². The molecule has 0 aromatic heterocycles. The lowest BCUT2D eigenvalue weighted by Gasteiger charge is -2.56. The summed E-state index contributed by atoms with van der Waals surface area (Å²) in [7, 11) is 0. The highest BCUT2D eigenvalue weighted by atomic mass is 16.3. The summed E-state index contributed by atoms with van der Waals surface area (Å²) >= 11 is 0. The van der Waals surface area contributed by atoms with E-state index in [1.165, 1.54) is 12.8 Å². The van der Waals surface area contributed by atoms with Crippen molar-refractivity contribution in [1.82, 2.24) is 0 Å². The van der Waals surface area contributed by atoms with Crippen molar-refractivity contribution in [2.75, 3.05) is 0 Å². The predicted octanol–water partition coefficient (Wildman–Crippen LogP) is 4.44. The number of ketones is 1. The van der Waals surface area contributed by atoms with Crippen LogP contribution in [0, 0.1) is 28.6 Å². The first-order chi connectivity index (χ1) is 10.9. The molecule has 0 aromatic carbocycles. The monoisotopic (exact) mass is 314 g/mol. The Hall–Kier alpha value is -0.890. The standard InChI is InChI=1S/C21H30O2/c1-13(22)17-6-7-18-16-5-4-14-12-15(23)8-10-20(14,2)19(16)9-11-21(17,18)3/h6,9,14-16,18,23H,4-5,7-8,10-12H2,1-3H3/t14-,15-,16-,18-,20-,21+/m0/s1. The largest absolute Gasteiger partial charge is 0.393 e. The molecule has 2 nitrogen and oxygen atoms in total. The molecule has 4 aliphatic rings. The van der Waals surface area contributed by atoms with Crippen LogP contribution in [0.2, 0.25) is 0 Å². The first-order valence-corrected chi connectivity index (χ1v) is 9.46. The van der Waals surface area contributed by atoms with Crippen LogP contribution in [0.3, 0.4) is 0 Å². The van der Waals surface area contributed by atoms with E-state index in [0.29, 0.717) is 23.2 Å². The van der Waals surface area contributed by atoms with E-state index in [0.717, 1.165) is 37.7 Å². The van der Waals surface area contributed by atoms with Crippen LogP contribution in [0.5, 0.6) is 0 Å². The van der Waals surface area contributed by atoms with Crippen molar-refractivity contribution < 1.29 is 9.90 Å². The fraction of sp³-hybridized carbons (Fsp3) is 0.762. The molecule has 0 saturated heterocycles. The Balaban J connectivity index is 1.69. The molecule has 1 N–H and O–H groups in total. The summed E-state index contributed by atoms with van der Waals surface area (Å²) in [5.74, 6) is 2.19. The zero-order valence-corrected chi connectivity index (χ0v) is 14.8. The van der Waals surface area contributed by atoms with Crippen LogP contribution in [0.15, 0.2) is 23.3 Å². The number of hydrogen-bond acceptors (Lipinski definition) is 2. The maximum Gasteiger partial charge on any atom is 0.156 e. The molecule has 0 amide bonds. The molecule has 0 bridgehead atoms. The van der Waals surface area contributed by atoms with Gasteiger partial charge in [0, 0.05) is 5.41 Å². The van der Waals surface area contributed by atoms with E-state index in [4.69, 9.17) is 0 Å². The molecule has 0 aliphatic heterocycles. The van der Waals surface area contributed by atoms with E-state index in [-0.39, 0.29) is 17.3 Å². The van der Waals surface area contributed by atoms with Gasteiger partial charge in [0.05, 0.1) is 6.10 Å². The third-order valence-corrected chi connectivity index (χ3v) is 7.96. The molecule has 2 saturated carbocycles. The van der Waals surface area contributed by atoms with Crippen LogP contribution in [-0.4, -0.2) is 17.0 Å². The van der Waals surface area contributed by atoms with Crippen molar-refractivity contribution >= 4 is 5.78 Å². The normalized spacial score (nSPS) is 48.7. The summed E-state index contributed by atoms with van der Waals surface area (Å²) in [6, 6.07) is 0. The van der Waals surface area contributed by atoms with Crippen molar-refractivity contribution in [2.24, 2.45) is 28.6 Å². The van der Waals surface area contributed by atoms with E-state index in [1.807, 2.05) is 0 Å². The molecule has 126 valence electrons. The van der Waals surface area contributed by atoms with Gasteiger partial charge in [-0.3, -0.25) is 4.79 Å². The Morgan fingerprint density at radius 2 is 1.96 bits per heavy atom. The molecular weight excluding hydrogens is 284 g/mol. The van der Waals surface area contributed by atoms with E-state index in [2.05, 4.69) is 26.0 Å². The van der Waals surface area contributed by atoms with Crippen LogP contribution in [0.4, 0.5) is 0 Å². The van der Waals surface area contributed by atoms with Gasteiger partial charge in [0.2, 0.25) is 0 Å². The Kier molecular flexibility index (Phi) is 3.43. The highest BCUT2D eigenvalue weighted by Gasteiger charge is 2.55. The van der Waals surface area contributed by atoms with Gasteiger partial charge in [-0.2, -0.15) is 0 Å². The molecule has 0 radical (unpaired) electrons. The number of allylic oxidation sites excluding steroid dienone is 4. The number of carbonyl (C=O) groups is 1. The second kappa shape index (κ2) is 5.05. The quantitative estimate of drug-likeness (QED) is 0.727. The molecule has 0 unspecified atom stereocenters. The number of Topliss-reactive ketones (excluding diaryl/α,β-unsaturated/α-hetero) is 1. The fourth-order valence-electron chi connectivity index (χ4n) is 6.63. The van der Waals surface area contributed by atoms with Gasteiger partial charge >= 0.3 is 0 Å². The van der Waals surface area contributed by atoms with Gasteiger partial charge in [-0.1, -0.05) is 31.6 Å². The van der Waals surface area contributed by atoms with Crippen LogP contribution < -0.4 is 0 Å². The predicted molar refractivity (Wildman–Crippen MR) is 91.9 cm³/mol. The van der Waals surface area contributed by atoms with E-state index >= 15 is 0 Å². The third-order valence-electron chi connectivity index (χ3n) is 7.96. The second-order valence-corrected chi connectivity index (χ2v) is 9.02. The van der Waals surface area contributed by atoms with Crippen LogP contribution >= 0.6 is 0 Å². The number of fused-ring (bicyclic) bond motifs is 5. The van der Waals surface area contributed by atoms with E-state index in [1.54, 1.807) is 12.5 Å². The molecule has 2 heteroatoms. The Morgan fingerprint density at radius 3 is 2.70 bits per heavy atom. The topological polar surface area (TPSA) is 37.3 Å². The molecule has 23 heavy (non-hydrogen) atoms. The minimum atomic E-state index is -0.0865.